The largest absolute Gasteiger partial charge is 0.376 e. The number of fused-ring (bicyclic) bond motifs is 1. The predicted octanol–water partition coefficient (Wildman–Crippen LogP) is 3.60. The zero-order valence-corrected chi connectivity index (χ0v) is 12.9. The van der Waals surface area contributed by atoms with Crippen molar-refractivity contribution in [3.8, 4) is 17.2 Å². The van der Waals surface area contributed by atoms with Crippen molar-refractivity contribution in [2.45, 2.75) is 33.0 Å². The lowest BCUT2D eigenvalue weighted by atomic mass is 9.87. The molecule has 0 radical (unpaired) electrons. The quantitative estimate of drug-likeness (QED) is 0.861. The molecule has 2 aromatic carbocycles. The highest BCUT2D eigenvalue weighted by atomic mass is 16.5. The zero-order valence-electron chi connectivity index (χ0n) is 12.9. The van der Waals surface area contributed by atoms with Crippen LogP contribution < -0.4 is 0 Å². The summed E-state index contributed by atoms with van der Waals surface area (Å²) in [7, 11) is 0. The molecule has 2 aromatic rings. The number of nitrogens with zero attached hydrogens (tertiary/aromatic N) is 1. The number of rotatable bonds is 2. The van der Waals surface area contributed by atoms with Crippen molar-refractivity contribution in [1.82, 2.24) is 0 Å². The van der Waals surface area contributed by atoms with Crippen LogP contribution in [0.2, 0.25) is 0 Å². The highest BCUT2D eigenvalue weighted by molar-refractivity contribution is 5.74. The van der Waals surface area contributed by atoms with Crippen LogP contribution in [0.4, 0.5) is 0 Å². The number of nitriles is 1. The number of aliphatic hydroxyl groups excluding tert-OH is 1. The summed E-state index contributed by atoms with van der Waals surface area (Å²) >= 11 is 0. The third-order valence-electron chi connectivity index (χ3n) is 4.34. The summed E-state index contributed by atoms with van der Waals surface area (Å²) < 4.78 is 5.48. The molecule has 1 N–H and O–H groups in total. The Hall–Kier alpha value is -2.15. The fraction of sp³-hybridized carbons (Fsp3) is 0.316. The molecule has 3 rings (SSSR count). The van der Waals surface area contributed by atoms with E-state index in [9.17, 15) is 5.11 Å². The minimum Gasteiger partial charge on any atom is -0.376 e. The standard InChI is InChI=1S/C19H19NO2/c1-12-3-4-13(2)19(17(21)10-20)18(12)15-5-6-16-11-22-8-7-14(16)9-15/h3-6,9,17,21H,7-8,11H2,1-2H3. The van der Waals surface area contributed by atoms with Gasteiger partial charge in [0, 0.05) is 5.56 Å². The second-order valence-electron chi connectivity index (χ2n) is 5.81. The van der Waals surface area contributed by atoms with Crippen LogP contribution in [0.15, 0.2) is 30.3 Å². The molecule has 0 bridgehead atoms. The third kappa shape index (κ3) is 2.52. The van der Waals surface area contributed by atoms with Crippen molar-refractivity contribution in [3.05, 3.63) is 58.1 Å². The first-order valence-electron chi connectivity index (χ1n) is 7.49. The average Bonchev–Trinajstić information content (AvgIpc) is 2.55. The van der Waals surface area contributed by atoms with E-state index in [2.05, 4.69) is 18.2 Å². The van der Waals surface area contributed by atoms with Crippen molar-refractivity contribution < 1.29 is 9.84 Å². The van der Waals surface area contributed by atoms with Crippen molar-refractivity contribution in [2.75, 3.05) is 6.61 Å². The SMILES string of the molecule is Cc1ccc(C)c(C(O)C#N)c1-c1ccc2c(c1)CCOC2. The Labute approximate surface area is 130 Å². The number of benzene rings is 2. The van der Waals surface area contributed by atoms with Crippen LogP contribution in [-0.2, 0) is 17.8 Å². The van der Waals surface area contributed by atoms with Gasteiger partial charge < -0.3 is 9.84 Å². The van der Waals surface area contributed by atoms with E-state index < -0.39 is 6.10 Å². The molecular formula is C19H19NO2. The normalized spacial score (nSPS) is 15.0. The summed E-state index contributed by atoms with van der Waals surface area (Å²) in [6.07, 6.45) is -0.196. The van der Waals surface area contributed by atoms with E-state index in [-0.39, 0.29) is 0 Å². The lowest BCUT2D eigenvalue weighted by Gasteiger charge is -2.20. The average molecular weight is 293 g/mol. The first kappa shape index (κ1) is 14.8. The summed E-state index contributed by atoms with van der Waals surface area (Å²) in [5, 5.41) is 19.3. The Bertz CT molecular complexity index is 759. The van der Waals surface area contributed by atoms with Gasteiger partial charge in [-0.25, -0.2) is 0 Å². The predicted molar refractivity (Wildman–Crippen MR) is 85.3 cm³/mol. The number of hydrogen-bond donors (Lipinski definition) is 1. The van der Waals surface area contributed by atoms with Gasteiger partial charge in [-0.1, -0.05) is 30.3 Å². The van der Waals surface area contributed by atoms with E-state index in [0.717, 1.165) is 40.8 Å². The van der Waals surface area contributed by atoms with Crippen LogP contribution in [-0.4, -0.2) is 11.7 Å². The third-order valence-corrected chi connectivity index (χ3v) is 4.34. The molecule has 0 spiro atoms. The number of ether oxygens (including phenoxy) is 1. The zero-order chi connectivity index (χ0) is 15.7. The molecule has 3 heteroatoms. The van der Waals surface area contributed by atoms with Gasteiger partial charge in [0.05, 0.1) is 19.3 Å². The molecule has 1 atom stereocenters. The topological polar surface area (TPSA) is 53.2 Å². The second-order valence-corrected chi connectivity index (χ2v) is 5.81. The molecule has 22 heavy (non-hydrogen) atoms. The van der Waals surface area contributed by atoms with Gasteiger partial charge in [0.1, 0.15) is 0 Å². The van der Waals surface area contributed by atoms with Gasteiger partial charge in [-0.15, -0.1) is 0 Å². The summed E-state index contributed by atoms with van der Waals surface area (Å²) in [4.78, 5) is 0. The van der Waals surface area contributed by atoms with Gasteiger partial charge in [0.15, 0.2) is 6.10 Å². The number of aryl methyl sites for hydroxylation is 2. The van der Waals surface area contributed by atoms with Crippen molar-refractivity contribution in [3.63, 3.8) is 0 Å². The Balaban J connectivity index is 2.20. The molecule has 3 nitrogen and oxygen atoms in total. The van der Waals surface area contributed by atoms with Gasteiger partial charge in [-0.2, -0.15) is 5.26 Å². The highest BCUT2D eigenvalue weighted by Gasteiger charge is 2.19. The maximum absolute atomic E-state index is 10.1. The molecule has 1 aliphatic heterocycles. The van der Waals surface area contributed by atoms with Crippen LogP contribution >= 0.6 is 0 Å². The number of hydrogen-bond acceptors (Lipinski definition) is 3. The lowest BCUT2D eigenvalue weighted by molar-refractivity contribution is 0.111. The molecule has 1 heterocycles. The van der Waals surface area contributed by atoms with E-state index >= 15 is 0 Å². The molecule has 0 saturated heterocycles. The van der Waals surface area contributed by atoms with Crippen LogP contribution in [0.25, 0.3) is 11.1 Å². The Morgan fingerprint density at radius 3 is 2.68 bits per heavy atom. The summed E-state index contributed by atoms with van der Waals surface area (Å²) in [6.45, 7) is 5.36. The number of aliphatic hydroxyl groups is 1. The highest BCUT2D eigenvalue weighted by Crippen LogP contribution is 2.35. The van der Waals surface area contributed by atoms with Crippen LogP contribution in [0.5, 0.6) is 0 Å². The van der Waals surface area contributed by atoms with Crippen LogP contribution in [0.1, 0.15) is 33.9 Å². The van der Waals surface area contributed by atoms with E-state index in [4.69, 9.17) is 10.00 Å². The van der Waals surface area contributed by atoms with Gasteiger partial charge in [-0.05, 0) is 53.6 Å². The Morgan fingerprint density at radius 1 is 1.14 bits per heavy atom. The summed E-state index contributed by atoms with van der Waals surface area (Å²) in [6, 6.07) is 12.3. The van der Waals surface area contributed by atoms with Crippen molar-refractivity contribution >= 4 is 0 Å². The smallest absolute Gasteiger partial charge is 0.166 e. The molecule has 0 aromatic heterocycles. The second kappa shape index (κ2) is 5.92. The molecular weight excluding hydrogens is 274 g/mol. The maximum Gasteiger partial charge on any atom is 0.166 e. The molecule has 0 saturated carbocycles. The lowest BCUT2D eigenvalue weighted by Crippen LogP contribution is -2.10. The van der Waals surface area contributed by atoms with Gasteiger partial charge in [0.2, 0.25) is 0 Å². The Morgan fingerprint density at radius 2 is 1.91 bits per heavy atom. The van der Waals surface area contributed by atoms with Crippen LogP contribution in [0, 0.1) is 25.2 Å². The first-order chi connectivity index (χ1) is 10.6. The van der Waals surface area contributed by atoms with E-state index in [1.807, 2.05) is 32.0 Å². The summed E-state index contributed by atoms with van der Waals surface area (Å²) in [5.41, 5.74) is 7.28. The van der Waals surface area contributed by atoms with E-state index in [0.29, 0.717) is 6.61 Å². The van der Waals surface area contributed by atoms with Crippen molar-refractivity contribution in [2.24, 2.45) is 0 Å². The van der Waals surface area contributed by atoms with E-state index in [1.54, 1.807) is 0 Å². The molecule has 1 aliphatic rings. The monoisotopic (exact) mass is 293 g/mol. The minimum atomic E-state index is -1.10. The molecule has 112 valence electrons. The molecule has 0 fully saturated rings. The van der Waals surface area contributed by atoms with Gasteiger partial charge >= 0.3 is 0 Å². The Kier molecular flexibility index (Phi) is 3.98. The fourth-order valence-electron chi connectivity index (χ4n) is 3.15. The maximum atomic E-state index is 10.1. The first-order valence-corrected chi connectivity index (χ1v) is 7.49. The molecule has 0 amide bonds. The van der Waals surface area contributed by atoms with Crippen molar-refractivity contribution in [1.29, 1.82) is 5.26 Å². The van der Waals surface area contributed by atoms with Gasteiger partial charge in [0.25, 0.3) is 0 Å². The summed E-state index contributed by atoms with van der Waals surface area (Å²) in [5.74, 6) is 0. The minimum absolute atomic E-state index is 0.663. The van der Waals surface area contributed by atoms with E-state index in [1.165, 1.54) is 11.1 Å². The fourth-order valence-corrected chi connectivity index (χ4v) is 3.15. The van der Waals surface area contributed by atoms with Gasteiger partial charge in [-0.3, -0.25) is 0 Å². The molecule has 1 unspecified atom stereocenters. The van der Waals surface area contributed by atoms with Crippen LogP contribution in [0.3, 0.4) is 0 Å². The molecule has 0 aliphatic carbocycles.